The Balaban J connectivity index is 1.31. The Hall–Kier alpha value is -3.49. The van der Waals surface area contributed by atoms with E-state index in [9.17, 15) is 14.7 Å². The van der Waals surface area contributed by atoms with Gasteiger partial charge in [-0.15, -0.1) is 0 Å². The van der Waals surface area contributed by atoms with Crippen molar-refractivity contribution in [1.29, 1.82) is 0 Å². The van der Waals surface area contributed by atoms with Gasteiger partial charge in [0.25, 0.3) is 11.5 Å². The minimum absolute atomic E-state index is 0.101. The van der Waals surface area contributed by atoms with Crippen LogP contribution in [0.25, 0.3) is 16.7 Å². The summed E-state index contributed by atoms with van der Waals surface area (Å²) >= 11 is 6.17. The number of aliphatic hydroxyl groups is 1. The van der Waals surface area contributed by atoms with Gasteiger partial charge in [-0.2, -0.15) is 5.10 Å². The molecular weight excluding hydrogens is 454 g/mol. The second-order valence-corrected chi connectivity index (χ2v) is 9.19. The van der Waals surface area contributed by atoms with Crippen molar-refractivity contribution < 1.29 is 9.90 Å². The first-order valence-corrected chi connectivity index (χ1v) is 11.5. The Morgan fingerprint density at radius 2 is 1.88 bits per heavy atom. The van der Waals surface area contributed by atoms with Crippen LogP contribution in [0.1, 0.15) is 28.8 Å². The van der Waals surface area contributed by atoms with Gasteiger partial charge in [-0.05, 0) is 49.6 Å². The van der Waals surface area contributed by atoms with Gasteiger partial charge in [-0.1, -0.05) is 35.9 Å². The van der Waals surface area contributed by atoms with E-state index in [1.165, 1.54) is 17.1 Å². The fourth-order valence-electron chi connectivity index (χ4n) is 4.33. The van der Waals surface area contributed by atoms with Crippen molar-refractivity contribution in [2.75, 3.05) is 13.1 Å². The number of nitrogens with zero attached hydrogens (tertiary/aromatic N) is 5. The van der Waals surface area contributed by atoms with Gasteiger partial charge < -0.3 is 10.0 Å². The molecule has 2 aromatic carbocycles. The normalized spacial score (nSPS) is 15.6. The molecule has 0 aliphatic carbocycles. The molecule has 1 aliphatic rings. The first-order valence-electron chi connectivity index (χ1n) is 11.1. The zero-order valence-electron chi connectivity index (χ0n) is 18.7. The molecule has 1 saturated heterocycles. The number of carbonyl (C=O) groups excluding carboxylic acids is 1. The molecule has 0 unspecified atom stereocenters. The highest BCUT2D eigenvalue weighted by Gasteiger charge is 2.35. The molecule has 5 rings (SSSR count). The average molecular weight is 478 g/mol. The summed E-state index contributed by atoms with van der Waals surface area (Å²) in [4.78, 5) is 32.1. The number of likely N-dealkylation sites (tertiary alicyclic amines) is 1. The average Bonchev–Trinajstić information content (AvgIpc) is 3.28. The van der Waals surface area contributed by atoms with E-state index in [4.69, 9.17) is 11.6 Å². The Kier molecular flexibility index (Phi) is 5.71. The molecule has 2 aromatic heterocycles. The van der Waals surface area contributed by atoms with Gasteiger partial charge in [0.15, 0.2) is 5.65 Å². The maximum Gasteiger partial charge on any atom is 0.264 e. The van der Waals surface area contributed by atoms with Crippen LogP contribution in [-0.4, -0.2) is 53.9 Å². The molecule has 1 aliphatic heterocycles. The number of halogens is 1. The van der Waals surface area contributed by atoms with Crippen molar-refractivity contribution in [2.24, 2.45) is 0 Å². The lowest BCUT2D eigenvalue weighted by molar-refractivity contribution is -0.0299. The minimum atomic E-state index is -1.11. The van der Waals surface area contributed by atoms with Crippen molar-refractivity contribution in [3.63, 3.8) is 0 Å². The molecule has 3 heterocycles. The van der Waals surface area contributed by atoms with Crippen LogP contribution in [0.2, 0.25) is 5.02 Å². The van der Waals surface area contributed by atoms with E-state index in [0.29, 0.717) is 47.6 Å². The second-order valence-electron chi connectivity index (χ2n) is 8.79. The lowest BCUT2D eigenvalue weighted by atomic mass is 9.91. The highest BCUT2D eigenvalue weighted by molar-refractivity contribution is 6.31. The molecule has 0 atom stereocenters. The van der Waals surface area contributed by atoms with Crippen molar-refractivity contribution in [3.05, 3.63) is 87.6 Å². The molecule has 0 spiro atoms. The molecule has 1 amide bonds. The van der Waals surface area contributed by atoms with Crippen LogP contribution in [0.3, 0.4) is 0 Å². The quantitative estimate of drug-likeness (QED) is 0.487. The lowest BCUT2D eigenvalue weighted by Crippen LogP contribution is -2.49. The van der Waals surface area contributed by atoms with Crippen LogP contribution >= 0.6 is 11.6 Å². The zero-order chi connectivity index (χ0) is 23.9. The van der Waals surface area contributed by atoms with E-state index in [0.717, 1.165) is 11.3 Å². The number of hydrogen-bond acceptors (Lipinski definition) is 5. The van der Waals surface area contributed by atoms with Crippen molar-refractivity contribution in [3.8, 4) is 5.69 Å². The van der Waals surface area contributed by atoms with Gasteiger partial charge in [0.1, 0.15) is 11.7 Å². The molecule has 8 nitrogen and oxygen atoms in total. The number of aryl methyl sites for hydroxylation is 1. The first-order chi connectivity index (χ1) is 16.3. The standard InChI is InChI=1S/C25H24ClN5O3/c1-17-7-8-18(13-21(17)26)23(32)29-11-9-25(34,10-12-29)15-30-16-27-22-20(24(30)33)14-28-31(22)19-5-3-2-4-6-19/h2-8,13-14,16,34H,9-12,15H2,1H3. The van der Waals surface area contributed by atoms with Crippen molar-refractivity contribution in [2.45, 2.75) is 31.9 Å². The predicted molar refractivity (Wildman–Crippen MR) is 129 cm³/mol. The van der Waals surface area contributed by atoms with Gasteiger partial charge in [0.05, 0.1) is 24.0 Å². The molecule has 174 valence electrons. The third kappa shape index (κ3) is 4.10. The number of aromatic nitrogens is 4. The van der Waals surface area contributed by atoms with Crippen LogP contribution in [0.4, 0.5) is 0 Å². The van der Waals surface area contributed by atoms with Crippen LogP contribution in [0, 0.1) is 6.92 Å². The Labute approximate surface area is 201 Å². The number of piperidine rings is 1. The molecule has 34 heavy (non-hydrogen) atoms. The minimum Gasteiger partial charge on any atom is -0.388 e. The largest absolute Gasteiger partial charge is 0.388 e. The summed E-state index contributed by atoms with van der Waals surface area (Å²) in [6.45, 7) is 2.76. The molecule has 1 N–H and O–H groups in total. The van der Waals surface area contributed by atoms with Gasteiger partial charge >= 0.3 is 0 Å². The van der Waals surface area contributed by atoms with Gasteiger partial charge in [-0.3, -0.25) is 14.2 Å². The number of fused-ring (bicyclic) bond motifs is 1. The maximum atomic E-state index is 13.1. The summed E-state index contributed by atoms with van der Waals surface area (Å²) in [5.41, 5.74) is 1.35. The number of rotatable bonds is 4. The molecular formula is C25H24ClN5O3. The fourth-order valence-corrected chi connectivity index (χ4v) is 4.51. The topological polar surface area (TPSA) is 93.2 Å². The highest BCUT2D eigenvalue weighted by Crippen LogP contribution is 2.26. The summed E-state index contributed by atoms with van der Waals surface area (Å²) in [6.07, 6.45) is 3.67. The monoisotopic (exact) mass is 477 g/mol. The molecule has 0 radical (unpaired) electrons. The van der Waals surface area contributed by atoms with E-state index >= 15 is 0 Å². The summed E-state index contributed by atoms with van der Waals surface area (Å²) in [6, 6.07) is 14.7. The van der Waals surface area contributed by atoms with E-state index in [1.807, 2.05) is 43.3 Å². The smallest absolute Gasteiger partial charge is 0.264 e. The molecule has 1 fully saturated rings. The van der Waals surface area contributed by atoms with Crippen LogP contribution in [0.5, 0.6) is 0 Å². The molecule has 9 heteroatoms. The Morgan fingerprint density at radius 3 is 2.59 bits per heavy atom. The van der Waals surface area contributed by atoms with Crippen molar-refractivity contribution in [1.82, 2.24) is 24.2 Å². The molecule has 0 bridgehead atoms. The van der Waals surface area contributed by atoms with E-state index in [1.54, 1.807) is 21.7 Å². The van der Waals surface area contributed by atoms with Gasteiger partial charge in [-0.25, -0.2) is 9.67 Å². The molecule has 0 saturated carbocycles. The number of carbonyl (C=O) groups is 1. The fraction of sp³-hybridized carbons (Fsp3) is 0.280. The lowest BCUT2D eigenvalue weighted by Gasteiger charge is -2.38. The second kappa shape index (κ2) is 8.70. The number of para-hydroxylation sites is 1. The van der Waals surface area contributed by atoms with E-state index in [2.05, 4.69) is 10.1 Å². The van der Waals surface area contributed by atoms with Crippen molar-refractivity contribution >= 4 is 28.5 Å². The van der Waals surface area contributed by atoms with Gasteiger partial charge in [0, 0.05) is 23.7 Å². The SMILES string of the molecule is Cc1ccc(C(=O)N2CCC(O)(Cn3cnc4c(cnn4-c4ccccc4)c3=O)CC2)cc1Cl. The number of benzene rings is 2. The first kappa shape index (κ1) is 22.3. The maximum absolute atomic E-state index is 13.1. The predicted octanol–water partition coefficient (Wildman–Crippen LogP) is 3.21. The van der Waals surface area contributed by atoms with Crippen LogP contribution in [0.15, 0.2) is 65.8 Å². The summed E-state index contributed by atoms with van der Waals surface area (Å²) in [5, 5.41) is 16.5. The van der Waals surface area contributed by atoms with Gasteiger partial charge in [0.2, 0.25) is 0 Å². The highest BCUT2D eigenvalue weighted by atomic mass is 35.5. The van der Waals surface area contributed by atoms with Crippen LogP contribution < -0.4 is 5.56 Å². The van der Waals surface area contributed by atoms with E-state index in [-0.39, 0.29) is 18.0 Å². The zero-order valence-corrected chi connectivity index (χ0v) is 19.4. The third-order valence-electron chi connectivity index (χ3n) is 6.42. The number of hydrogen-bond donors (Lipinski definition) is 1. The summed E-state index contributed by atoms with van der Waals surface area (Å²) in [7, 11) is 0. The third-order valence-corrected chi connectivity index (χ3v) is 6.83. The van der Waals surface area contributed by atoms with Crippen LogP contribution in [-0.2, 0) is 6.54 Å². The summed E-state index contributed by atoms with van der Waals surface area (Å²) < 4.78 is 3.05. The number of amides is 1. The Morgan fingerprint density at radius 1 is 1.15 bits per heavy atom. The summed E-state index contributed by atoms with van der Waals surface area (Å²) in [5.74, 6) is -0.113. The molecule has 4 aromatic rings. The van der Waals surface area contributed by atoms with E-state index < -0.39 is 5.60 Å². The Bertz CT molecular complexity index is 1420.